The topological polar surface area (TPSA) is 61.8 Å². The summed E-state index contributed by atoms with van der Waals surface area (Å²) in [5, 5.41) is 2.91. The van der Waals surface area contributed by atoms with E-state index in [4.69, 9.17) is 4.99 Å². The van der Waals surface area contributed by atoms with Gasteiger partial charge in [0.05, 0.1) is 11.4 Å². The molecule has 1 N–H and O–H groups in total. The molecule has 6 heteroatoms. The molecular formula is C25H23N3O2S. The third-order valence-electron chi connectivity index (χ3n) is 5.10. The molecule has 2 amide bonds. The highest BCUT2D eigenvalue weighted by atomic mass is 32.2. The number of nitrogens with zero attached hydrogens (tertiary/aromatic N) is 2. The van der Waals surface area contributed by atoms with Crippen LogP contribution in [-0.2, 0) is 9.59 Å². The van der Waals surface area contributed by atoms with Crippen molar-refractivity contribution in [2.45, 2.75) is 17.9 Å². The van der Waals surface area contributed by atoms with Crippen LogP contribution in [-0.4, -0.2) is 36.4 Å². The number of thioether (sulfide) groups is 1. The molecule has 3 aromatic carbocycles. The van der Waals surface area contributed by atoms with Crippen molar-refractivity contribution in [3.05, 3.63) is 90.0 Å². The van der Waals surface area contributed by atoms with Crippen LogP contribution in [0.15, 0.2) is 88.8 Å². The smallest absolute Gasteiger partial charge is 0.252 e. The second kappa shape index (κ2) is 9.18. The second-order valence-corrected chi connectivity index (χ2v) is 8.12. The van der Waals surface area contributed by atoms with E-state index in [1.165, 1.54) is 4.90 Å². The molecule has 1 heterocycles. The predicted molar refractivity (Wildman–Crippen MR) is 127 cm³/mol. The zero-order chi connectivity index (χ0) is 21.8. The van der Waals surface area contributed by atoms with Gasteiger partial charge in [0.1, 0.15) is 12.6 Å². The molecule has 0 bridgehead atoms. The van der Waals surface area contributed by atoms with Gasteiger partial charge >= 0.3 is 0 Å². The fraction of sp³-hybridized carbons (Fsp3) is 0.160. The minimum absolute atomic E-state index is 0.0821. The molecule has 0 fully saturated rings. The van der Waals surface area contributed by atoms with Crippen molar-refractivity contribution >= 4 is 40.7 Å². The van der Waals surface area contributed by atoms with E-state index < -0.39 is 6.04 Å². The Balaban J connectivity index is 1.66. The Morgan fingerprint density at radius 2 is 1.77 bits per heavy atom. The molecule has 0 aliphatic carbocycles. The molecule has 156 valence electrons. The number of nitrogens with one attached hydrogen (secondary N) is 1. The van der Waals surface area contributed by atoms with Gasteiger partial charge < -0.3 is 10.2 Å². The van der Waals surface area contributed by atoms with Crippen LogP contribution in [0.2, 0.25) is 0 Å². The first kappa shape index (κ1) is 20.9. The molecule has 5 nitrogen and oxygen atoms in total. The van der Waals surface area contributed by atoms with Crippen molar-refractivity contribution in [2.24, 2.45) is 4.99 Å². The van der Waals surface area contributed by atoms with Gasteiger partial charge in [0.2, 0.25) is 5.91 Å². The average molecular weight is 430 g/mol. The zero-order valence-corrected chi connectivity index (χ0v) is 18.2. The zero-order valence-electron chi connectivity index (χ0n) is 17.4. The number of rotatable bonds is 5. The number of hydrogen-bond donors (Lipinski definition) is 1. The molecule has 31 heavy (non-hydrogen) atoms. The molecule has 0 aromatic heterocycles. The Bertz CT molecular complexity index is 1140. The summed E-state index contributed by atoms with van der Waals surface area (Å²) in [6.07, 6.45) is 1.99. The van der Waals surface area contributed by atoms with E-state index in [0.717, 1.165) is 21.7 Å². The van der Waals surface area contributed by atoms with Gasteiger partial charge in [0.25, 0.3) is 5.91 Å². The lowest BCUT2D eigenvalue weighted by Gasteiger charge is -2.24. The minimum Gasteiger partial charge on any atom is -0.324 e. The molecule has 1 unspecified atom stereocenters. The van der Waals surface area contributed by atoms with Gasteiger partial charge in [-0.1, -0.05) is 54.6 Å². The van der Waals surface area contributed by atoms with Gasteiger partial charge in [-0.3, -0.25) is 14.6 Å². The summed E-state index contributed by atoms with van der Waals surface area (Å²) in [6, 6.07) is 24.5. The monoisotopic (exact) mass is 429 g/mol. The number of benzodiazepines with no additional fused rings is 1. The van der Waals surface area contributed by atoms with Crippen molar-refractivity contribution in [1.82, 2.24) is 0 Å². The second-order valence-electron chi connectivity index (χ2n) is 7.24. The highest BCUT2D eigenvalue weighted by molar-refractivity contribution is 7.98. The van der Waals surface area contributed by atoms with Crippen LogP contribution >= 0.6 is 11.8 Å². The van der Waals surface area contributed by atoms with Gasteiger partial charge in [0.15, 0.2) is 0 Å². The van der Waals surface area contributed by atoms with Crippen molar-refractivity contribution < 1.29 is 9.59 Å². The number of fused-ring (bicyclic) bond motifs is 1. The molecule has 0 spiro atoms. The van der Waals surface area contributed by atoms with E-state index in [1.807, 2.05) is 85.1 Å². The third kappa shape index (κ3) is 4.54. The maximum atomic E-state index is 13.2. The Hall–Kier alpha value is -3.38. The number of benzene rings is 3. The summed E-state index contributed by atoms with van der Waals surface area (Å²) >= 11 is 1.61. The lowest BCUT2D eigenvalue weighted by molar-refractivity contribution is -0.122. The molecule has 4 rings (SSSR count). The van der Waals surface area contributed by atoms with Gasteiger partial charge in [-0.05, 0) is 37.4 Å². The van der Waals surface area contributed by atoms with Gasteiger partial charge in [-0.2, -0.15) is 0 Å². The SMILES string of the molecule is CSc1cccc(NC(=O)CN2C(=O)C(C)N=C(c3ccccc3)c3ccccc32)c1. The van der Waals surface area contributed by atoms with E-state index >= 15 is 0 Å². The quantitative estimate of drug-likeness (QED) is 0.602. The number of amides is 2. The maximum absolute atomic E-state index is 13.2. The van der Waals surface area contributed by atoms with Crippen LogP contribution in [0.1, 0.15) is 18.1 Å². The number of carbonyl (C=O) groups excluding carboxylic acids is 2. The van der Waals surface area contributed by atoms with E-state index in [9.17, 15) is 9.59 Å². The summed E-state index contributed by atoms with van der Waals surface area (Å²) in [6.45, 7) is 1.69. The standard InChI is InChI=1S/C25H23N3O2S/c1-17-25(30)28(16-23(29)27-19-11-8-12-20(15-19)31-2)22-14-7-6-13-21(22)24(26-17)18-9-4-3-5-10-18/h3-15,17H,16H2,1-2H3,(H,27,29). The number of para-hydroxylation sites is 1. The van der Waals surface area contributed by atoms with Gasteiger partial charge in [0, 0.05) is 21.7 Å². The maximum Gasteiger partial charge on any atom is 0.252 e. The van der Waals surface area contributed by atoms with E-state index in [2.05, 4.69) is 5.32 Å². The van der Waals surface area contributed by atoms with Gasteiger partial charge in [-0.25, -0.2) is 0 Å². The molecule has 0 saturated carbocycles. The first-order valence-corrected chi connectivity index (χ1v) is 11.3. The molecule has 1 atom stereocenters. The Morgan fingerprint density at radius 1 is 1.03 bits per heavy atom. The molecule has 1 aliphatic heterocycles. The number of aliphatic imine (C=N–C) groups is 1. The first-order chi connectivity index (χ1) is 15.1. The summed E-state index contributed by atoms with van der Waals surface area (Å²) in [5.74, 6) is -0.455. The lowest BCUT2D eigenvalue weighted by atomic mass is 10.0. The average Bonchev–Trinajstić information content (AvgIpc) is 2.90. The molecular weight excluding hydrogens is 406 g/mol. The van der Waals surface area contributed by atoms with E-state index in [0.29, 0.717) is 11.4 Å². The number of hydrogen-bond acceptors (Lipinski definition) is 4. The predicted octanol–water partition coefficient (Wildman–Crippen LogP) is 4.62. The minimum atomic E-state index is -0.602. The van der Waals surface area contributed by atoms with Crippen LogP contribution in [0.3, 0.4) is 0 Å². The first-order valence-electron chi connectivity index (χ1n) is 10.0. The van der Waals surface area contributed by atoms with Crippen LogP contribution in [0.4, 0.5) is 11.4 Å². The largest absolute Gasteiger partial charge is 0.324 e. The third-order valence-corrected chi connectivity index (χ3v) is 5.82. The number of anilines is 2. The normalized spacial score (nSPS) is 15.7. The van der Waals surface area contributed by atoms with E-state index in [1.54, 1.807) is 18.7 Å². The summed E-state index contributed by atoms with van der Waals surface area (Å²) in [7, 11) is 0. The van der Waals surface area contributed by atoms with E-state index in [-0.39, 0.29) is 18.4 Å². The Morgan fingerprint density at radius 3 is 2.55 bits per heavy atom. The lowest BCUT2D eigenvalue weighted by Crippen LogP contribution is -2.42. The Kier molecular flexibility index (Phi) is 6.18. The molecule has 1 aliphatic rings. The van der Waals surface area contributed by atoms with Crippen molar-refractivity contribution in [3.63, 3.8) is 0 Å². The van der Waals surface area contributed by atoms with Gasteiger partial charge in [-0.15, -0.1) is 11.8 Å². The Labute approximate surface area is 186 Å². The fourth-order valence-electron chi connectivity index (χ4n) is 3.61. The molecule has 3 aromatic rings. The summed E-state index contributed by atoms with van der Waals surface area (Å²) in [4.78, 5) is 33.4. The summed E-state index contributed by atoms with van der Waals surface area (Å²) in [5.41, 5.74) is 3.93. The summed E-state index contributed by atoms with van der Waals surface area (Å²) < 4.78 is 0. The van der Waals surface area contributed by atoms with Crippen LogP contribution in [0.5, 0.6) is 0 Å². The van der Waals surface area contributed by atoms with Crippen LogP contribution in [0, 0.1) is 0 Å². The highest BCUT2D eigenvalue weighted by Crippen LogP contribution is 2.28. The molecule has 0 saturated heterocycles. The molecule has 0 radical (unpaired) electrons. The number of carbonyl (C=O) groups is 2. The van der Waals surface area contributed by atoms with Crippen LogP contribution in [0.25, 0.3) is 0 Å². The highest BCUT2D eigenvalue weighted by Gasteiger charge is 2.30. The van der Waals surface area contributed by atoms with Crippen molar-refractivity contribution in [1.29, 1.82) is 0 Å². The fourth-order valence-corrected chi connectivity index (χ4v) is 4.07. The van der Waals surface area contributed by atoms with Crippen molar-refractivity contribution in [3.8, 4) is 0 Å². The van der Waals surface area contributed by atoms with Crippen LogP contribution < -0.4 is 10.2 Å². The van der Waals surface area contributed by atoms with Crippen molar-refractivity contribution in [2.75, 3.05) is 23.0 Å².